The summed E-state index contributed by atoms with van der Waals surface area (Å²) in [5, 5.41) is 13.4. The first-order valence-corrected chi connectivity index (χ1v) is 6.44. The van der Waals surface area contributed by atoms with Crippen LogP contribution in [0.15, 0.2) is 18.2 Å². The molecule has 1 amide bonds. The minimum absolute atomic E-state index is 0.273. The van der Waals surface area contributed by atoms with Crippen molar-refractivity contribution >= 4 is 11.6 Å². The van der Waals surface area contributed by atoms with E-state index in [9.17, 15) is 19.3 Å². The maximum absolute atomic E-state index is 13.7. The van der Waals surface area contributed by atoms with Crippen molar-refractivity contribution in [1.82, 2.24) is 5.32 Å². The Morgan fingerprint density at radius 1 is 1.45 bits per heavy atom. The fourth-order valence-electron chi connectivity index (χ4n) is 2.54. The summed E-state index contributed by atoms with van der Waals surface area (Å²) >= 11 is 0. The number of amides is 1. The molecule has 3 N–H and O–H groups in total. The van der Waals surface area contributed by atoms with Gasteiger partial charge < -0.3 is 11.1 Å². The first kappa shape index (κ1) is 14.4. The van der Waals surface area contributed by atoms with Crippen LogP contribution in [0.5, 0.6) is 0 Å². The van der Waals surface area contributed by atoms with E-state index in [1.54, 1.807) is 0 Å². The highest BCUT2D eigenvalue weighted by molar-refractivity contribution is 5.95. The molecule has 1 aromatic rings. The lowest BCUT2D eigenvalue weighted by Crippen LogP contribution is -2.51. The third kappa shape index (κ3) is 2.77. The van der Waals surface area contributed by atoms with Gasteiger partial charge in [0, 0.05) is 18.7 Å². The van der Waals surface area contributed by atoms with Gasteiger partial charge in [-0.25, -0.2) is 4.39 Å². The van der Waals surface area contributed by atoms with E-state index < -0.39 is 22.2 Å². The predicted molar refractivity (Wildman–Crippen MR) is 70.8 cm³/mol. The Bertz CT molecular complexity index is 542. The standard InChI is InChI=1S/C13H16FN3O3/c14-11-4-3-9(17(19)20)7-10(11)12(18)16-13(8-15)5-1-2-6-13/h3-4,7H,1-2,5-6,8,15H2,(H,16,18). The van der Waals surface area contributed by atoms with Crippen LogP contribution in [0, 0.1) is 15.9 Å². The number of rotatable bonds is 4. The lowest BCUT2D eigenvalue weighted by atomic mass is 9.97. The molecule has 2 rings (SSSR count). The Labute approximate surface area is 115 Å². The van der Waals surface area contributed by atoms with Crippen molar-refractivity contribution in [1.29, 1.82) is 0 Å². The summed E-state index contributed by atoms with van der Waals surface area (Å²) in [5.74, 6) is -1.43. The SMILES string of the molecule is NCC1(NC(=O)c2cc([N+](=O)[O-])ccc2F)CCCC1. The zero-order chi connectivity index (χ0) is 14.8. The van der Waals surface area contributed by atoms with Gasteiger partial charge in [-0.1, -0.05) is 12.8 Å². The monoisotopic (exact) mass is 281 g/mol. The molecule has 0 radical (unpaired) electrons. The molecule has 0 aliphatic heterocycles. The molecular formula is C13H16FN3O3. The van der Waals surface area contributed by atoms with Crippen molar-refractivity contribution < 1.29 is 14.1 Å². The molecule has 0 heterocycles. The van der Waals surface area contributed by atoms with E-state index in [1.165, 1.54) is 0 Å². The molecular weight excluding hydrogens is 265 g/mol. The largest absolute Gasteiger partial charge is 0.345 e. The maximum atomic E-state index is 13.7. The van der Waals surface area contributed by atoms with Crippen molar-refractivity contribution in [2.45, 2.75) is 31.2 Å². The van der Waals surface area contributed by atoms with E-state index in [0.29, 0.717) is 0 Å². The van der Waals surface area contributed by atoms with Crippen LogP contribution in [0.2, 0.25) is 0 Å². The number of carbonyl (C=O) groups is 1. The number of nitrogens with one attached hydrogen (secondary N) is 1. The molecule has 1 aliphatic carbocycles. The summed E-state index contributed by atoms with van der Waals surface area (Å²) in [4.78, 5) is 22.2. The van der Waals surface area contributed by atoms with E-state index >= 15 is 0 Å². The zero-order valence-electron chi connectivity index (χ0n) is 10.9. The Balaban J connectivity index is 2.24. The summed E-state index contributed by atoms with van der Waals surface area (Å²) in [6, 6.07) is 2.90. The number of benzene rings is 1. The van der Waals surface area contributed by atoms with Crippen LogP contribution in [0.3, 0.4) is 0 Å². The summed E-state index contributed by atoms with van der Waals surface area (Å²) in [7, 11) is 0. The van der Waals surface area contributed by atoms with Gasteiger partial charge in [0.05, 0.1) is 16.0 Å². The predicted octanol–water partition coefficient (Wildman–Crippen LogP) is 1.74. The fourth-order valence-corrected chi connectivity index (χ4v) is 2.54. The normalized spacial score (nSPS) is 16.9. The van der Waals surface area contributed by atoms with Crippen molar-refractivity contribution in [3.8, 4) is 0 Å². The number of nitrogens with zero attached hydrogens (tertiary/aromatic N) is 1. The van der Waals surface area contributed by atoms with Crippen LogP contribution < -0.4 is 11.1 Å². The van der Waals surface area contributed by atoms with Gasteiger partial charge in [0.15, 0.2) is 0 Å². The molecule has 0 atom stereocenters. The molecule has 1 aliphatic rings. The number of hydrogen-bond acceptors (Lipinski definition) is 4. The molecule has 6 nitrogen and oxygen atoms in total. The van der Waals surface area contributed by atoms with Crippen LogP contribution >= 0.6 is 0 Å². The molecule has 0 bridgehead atoms. The first-order valence-electron chi connectivity index (χ1n) is 6.44. The van der Waals surface area contributed by atoms with Crippen molar-refractivity contribution in [3.63, 3.8) is 0 Å². The number of non-ortho nitro benzene ring substituents is 1. The summed E-state index contributed by atoms with van der Waals surface area (Å²) in [5.41, 5.74) is 4.54. The lowest BCUT2D eigenvalue weighted by Gasteiger charge is -2.28. The minimum atomic E-state index is -0.779. The number of nitro benzene ring substituents is 1. The Hall–Kier alpha value is -2.02. The van der Waals surface area contributed by atoms with E-state index in [2.05, 4.69) is 5.32 Å². The fraction of sp³-hybridized carbons (Fsp3) is 0.462. The van der Waals surface area contributed by atoms with Crippen molar-refractivity contribution in [2.75, 3.05) is 6.54 Å². The average molecular weight is 281 g/mol. The van der Waals surface area contributed by atoms with Gasteiger partial charge in [0.2, 0.25) is 0 Å². The topological polar surface area (TPSA) is 98.3 Å². The quantitative estimate of drug-likeness (QED) is 0.648. The van der Waals surface area contributed by atoms with Gasteiger partial charge in [0.25, 0.3) is 11.6 Å². The van der Waals surface area contributed by atoms with Crippen LogP contribution in [0.25, 0.3) is 0 Å². The highest BCUT2D eigenvalue weighted by atomic mass is 19.1. The molecule has 0 unspecified atom stereocenters. The van der Waals surface area contributed by atoms with Crippen LogP contribution in [0.4, 0.5) is 10.1 Å². The zero-order valence-corrected chi connectivity index (χ0v) is 10.9. The second kappa shape index (κ2) is 5.54. The number of halogens is 1. The molecule has 1 fully saturated rings. The van der Waals surface area contributed by atoms with Gasteiger partial charge >= 0.3 is 0 Å². The molecule has 1 saturated carbocycles. The smallest absolute Gasteiger partial charge is 0.270 e. The Morgan fingerprint density at radius 3 is 2.65 bits per heavy atom. The van der Waals surface area contributed by atoms with Gasteiger partial charge in [-0.15, -0.1) is 0 Å². The van der Waals surface area contributed by atoms with Crippen LogP contribution in [0.1, 0.15) is 36.0 Å². The summed E-state index contributed by atoms with van der Waals surface area (Å²) in [6.45, 7) is 0.273. The average Bonchev–Trinajstić information content (AvgIpc) is 2.88. The van der Waals surface area contributed by atoms with Gasteiger partial charge in [-0.2, -0.15) is 0 Å². The second-order valence-electron chi connectivity index (χ2n) is 5.07. The number of nitro groups is 1. The molecule has 108 valence electrons. The Morgan fingerprint density at radius 2 is 2.10 bits per heavy atom. The van der Waals surface area contributed by atoms with E-state index in [-0.39, 0.29) is 17.8 Å². The van der Waals surface area contributed by atoms with Crippen molar-refractivity contribution in [3.05, 3.63) is 39.7 Å². The lowest BCUT2D eigenvalue weighted by molar-refractivity contribution is -0.384. The molecule has 1 aromatic carbocycles. The number of nitrogens with two attached hydrogens (primary N) is 1. The first-order chi connectivity index (χ1) is 9.47. The second-order valence-corrected chi connectivity index (χ2v) is 5.07. The van der Waals surface area contributed by atoms with E-state index in [0.717, 1.165) is 43.9 Å². The molecule has 0 spiro atoms. The van der Waals surface area contributed by atoms with E-state index in [4.69, 9.17) is 5.73 Å². The number of hydrogen-bond donors (Lipinski definition) is 2. The summed E-state index contributed by atoms with van der Waals surface area (Å²) in [6.07, 6.45) is 3.39. The Kier molecular flexibility index (Phi) is 3.99. The van der Waals surface area contributed by atoms with Gasteiger partial charge in [-0.3, -0.25) is 14.9 Å². The minimum Gasteiger partial charge on any atom is -0.345 e. The molecule has 0 saturated heterocycles. The third-order valence-electron chi connectivity index (χ3n) is 3.74. The van der Waals surface area contributed by atoms with Crippen LogP contribution in [-0.4, -0.2) is 22.9 Å². The molecule has 0 aromatic heterocycles. The van der Waals surface area contributed by atoms with Crippen molar-refractivity contribution in [2.24, 2.45) is 5.73 Å². The van der Waals surface area contributed by atoms with E-state index in [1.807, 2.05) is 0 Å². The molecule has 7 heteroatoms. The molecule has 20 heavy (non-hydrogen) atoms. The maximum Gasteiger partial charge on any atom is 0.270 e. The summed E-state index contributed by atoms with van der Waals surface area (Å²) < 4.78 is 13.7. The van der Waals surface area contributed by atoms with Crippen LogP contribution in [-0.2, 0) is 0 Å². The third-order valence-corrected chi connectivity index (χ3v) is 3.74. The highest BCUT2D eigenvalue weighted by Gasteiger charge is 2.34. The van der Waals surface area contributed by atoms with Gasteiger partial charge in [0.1, 0.15) is 5.82 Å². The number of carbonyl (C=O) groups excluding carboxylic acids is 1. The highest BCUT2D eigenvalue weighted by Crippen LogP contribution is 2.29. The van der Waals surface area contributed by atoms with Gasteiger partial charge in [-0.05, 0) is 18.9 Å².